The van der Waals surface area contributed by atoms with Crippen LogP contribution in [0.25, 0.3) is 0 Å². The van der Waals surface area contributed by atoms with Crippen LogP contribution in [0.4, 0.5) is 4.79 Å². The van der Waals surface area contributed by atoms with Gasteiger partial charge in [0.05, 0.1) is 5.54 Å². The molecule has 1 N–H and O–H groups in total. The fraction of sp³-hybridized carbons (Fsp3) is 0.857. The van der Waals surface area contributed by atoms with Crippen LogP contribution in [0.1, 0.15) is 46.5 Å². The predicted octanol–water partition coefficient (Wildman–Crippen LogP) is 2.04. The van der Waals surface area contributed by atoms with E-state index >= 15 is 0 Å². The topological polar surface area (TPSA) is 64.6 Å². The summed E-state index contributed by atoms with van der Waals surface area (Å²) in [6, 6.07) is 0. The van der Waals surface area contributed by atoms with Gasteiger partial charge in [0, 0.05) is 13.2 Å². The number of ether oxygens (including phenoxy) is 2. The third-order valence-corrected chi connectivity index (χ3v) is 3.91. The number of hydrogen-bond donors (Lipinski definition) is 1. The minimum Gasteiger partial charge on any atom is -0.444 e. The Morgan fingerprint density at radius 3 is 2.32 bits per heavy atom. The summed E-state index contributed by atoms with van der Waals surface area (Å²) in [5.74, 6) is 0. The number of amides is 1. The molecule has 0 aromatic heterocycles. The molecule has 5 heteroatoms. The van der Waals surface area contributed by atoms with E-state index in [9.17, 15) is 9.59 Å². The molecule has 2 aliphatic rings. The van der Waals surface area contributed by atoms with Gasteiger partial charge in [-0.05, 0) is 51.9 Å². The summed E-state index contributed by atoms with van der Waals surface area (Å²) < 4.78 is 10.6. The predicted molar refractivity (Wildman–Crippen MR) is 69.9 cm³/mol. The molecule has 1 heterocycles. The first-order valence-corrected chi connectivity index (χ1v) is 6.84. The Bertz CT molecular complexity index is 358. The van der Waals surface area contributed by atoms with Crippen LogP contribution < -0.4 is 5.32 Å². The monoisotopic (exact) mass is 269 g/mol. The molecule has 0 radical (unpaired) electrons. The van der Waals surface area contributed by atoms with Gasteiger partial charge in [0.25, 0.3) is 0 Å². The summed E-state index contributed by atoms with van der Waals surface area (Å²) in [4.78, 5) is 23.1. The molecule has 0 aromatic rings. The van der Waals surface area contributed by atoms with Gasteiger partial charge in [-0.1, -0.05) is 0 Å². The first-order chi connectivity index (χ1) is 8.78. The standard InChI is InChI=1S/C14H23NO4/c1-12(2,3)19-11(17)15-14(10-16)8-13(9-14)4-6-18-7-5-13/h10H,4-9H2,1-3H3,(H,15,17). The van der Waals surface area contributed by atoms with Crippen molar-refractivity contribution >= 4 is 12.4 Å². The van der Waals surface area contributed by atoms with E-state index in [0.717, 1.165) is 32.3 Å². The van der Waals surface area contributed by atoms with Gasteiger partial charge in [0.15, 0.2) is 0 Å². The smallest absolute Gasteiger partial charge is 0.408 e. The van der Waals surface area contributed by atoms with Crippen LogP contribution in [-0.2, 0) is 14.3 Å². The van der Waals surface area contributed by atoms with Gasteiger partial charge in [-0.2, -0.15) is 0 Å². The minimum atomic E-state index is -0.736. The fourth-order valence-corrected chi connectivity index (χ4v) is 3.15. The summed E-state index contributed by atoms with van der Waals surface area (Å²) in [6.07, 6.45) is 3.69. The molecule has 5 nitrogen and oxygen atoms in total. The molecule has 1 saturated heterocycles. The average molecular weight is 269 g/mol. The van der Waals surface area contributed by atoms with Crippen molar-refractivity contribution in [1.82, 2.24) is 5.32 Å². The maximum absolute atomic E-state index is 11.8. The molecule has 0 atom stereocenters. The van der Waals surface area contributed by atoms with Crippen LogP contribution in [0, 0.1) is 5.41 Å². The number of alkyl carbamates (subject to hydrolysis) is 1. The normalized spacial score (nSPS) is 24.4. The van der Waals surface area contributed by atoms with Gasteiger partial charge < -0.3 is 19.6 Å². The first kappa shape index (κ1) is 14.3. The number of carbonyl (C=O) groups is 2. The van der Waals surface area contributed by atoms with Gasteiger partial charge in [-0.3, -0.25) is 0 Å². The second-order valence-corrected chi connectivity index (χ2v) is 6.87. The summed E-state index contributed by atoms with van der Waals surface area (Å²) in [5, 5.41) is 2.74. The molecule has 1 saturated carbocycles. The highest BCUT2D eigenvalue weighted by Gasteiger charge is 2.56. The molecule has 0 bridgehead atoms. The van der Waals surface area contributed by atoms with E-state index in [1.54, 1.807) is 20.8 Å². The second-order valence-electron chi connectivity index (χ2n) is 6.87. The van der Waals surface area contributed by atoms with Gasteiger partial charge >= 0.3 is 6.09 Å². The Labute approximate surface area is 114 Å². The zero-order valence-electron chi connectivity index (χ0n) is 12.0. The fourth-order valence-electron chi connectivity index (χ4n) is 3.15. The highest BCUT2D eigenvalue weighted by Crippen LogP contribution is 2.53. The van der Waals surface area contributed by atoms with Gasteiger partial charge in [-0.25, -0.2) is 4.79 Å². The van der Waals surface area contributed by atoms with Crippen molar-refractivity contribution in [3.05, 3.63) is 0 Å². The Hall–Kier alpha value is -1.10. The van der Waals surface area contributed by atoms with Crippen LogP contribution in [0.5, 0.6) is 0 Å². The molecule has 1 spiro atoms. The van der Waals surface area contributed by atoms with Crippen LogP contribution >= 0.6 is 0 Å². The molecule has 19 heavy (non-hydrogen) atoms. The molecular formula is C14H23NO4. The lowest BCUT2D eigenvalue weighted by atomic mass is 9.54. The van der Waals surface area contributed by atoms with Gasteiger partial charge in [0.2, 0.25) is 0 Å². The van der Waals surface area contributed by atoms with Crippen LogP contribution in [-0.4, -0.2) is 36.7 Å². The molecular weight excluding hydrogens is 246 g/mol. The van der Waals surface area contributed by atoms with E-state index in [0.29, 0.717) is 12.8 Å². The molecule has 1 aliphatic heterocycles. The van der Waals surface area contributed by atoms with Crippen molar-refractivity contribution in [2.24, 2.45) is 5.41 Å². The van der Waals surface area contributed by atoms with E-state index in [-0.39, 0.29) is 5.41 Å². The molecule has 2 fully saturated rings. The van der Waals surface area contributed by atoms with E-state index in [1.807, 2.05) is 0 Å². The lowest BCUT2D eigenvalue weighted by Gasteiger charge is -2.55. The number of rotatable bonds is 2. The van der Waals surface area contributed by atoms with Crippen molar-refractivity contribution < 1.29 is 19.1 Å². The zero-order valence-corrected chi connectivity index (χ0v) is 12.0. The van der Waals surface area contributed by atoms with Crippen molar-refractivity contribution in [3.63, 3.8) is 0 Å². The number of nitrogens with one attached hydrogen (secondary N) is 1. The Balaban J connectivity index is 1.91. The third kappa shape index (κ3) is 3.26. The summed E-state index contributed by atoms with van der Waals surface area (Å²) >= 11 is 0. The first-order valence-electron chi connectivity index (χ1n) is 6.84. The van der Waals surface area contributed by atoms with E-state index in [1.165, 1.54) is 0 Å². The molecule has 2 rings (SSSR count). The van der Waals surface area contributed by atoms with E-state index in [2.05, 4.69) is 5.32 Å². The number of hydrogen-bond acceptors (Lipinski definition) is 4. The SMILES string of the molecule is CC(C)(C)OC(=O)NC1(C=O)CC2(CCOCC2)C1. The third-order valence-electron chi connectivity index (χ3n) is 3.91. The van der Waals surface area contributed by atoms with E-state index in [4.69, 9.17) is 9.47 Å². The Morgan fingerprint density at radius 2 is 1.84 bits per heavy atom. The molecule has 0 aromatic carbocycles. The zero-order chi connectivity index (χ0) is 14.1. The lowest BCUT2D eigenvalue weighted by Crippen LogP contribution is -2.64. The van der Waals surface area contributed by atoms with E-state index < -0.39 is 17.2 Å². The summed E-state index contributed by atoms with van der Waals surface area (Å²) in [5.41, 5.74) is -1.11. The quantitative estimate of drug-likeness (QED) is 0.779. The van der Waals surface area contributed by atoms with Crippen LogP contribution in [0.15, 0.2) is 0 Å². The summed E-state index contributed by atoms with van der Waals surface area (Å²) in [7, 11) is 0. The minimum absolute atomic E-state index is 0.175. The molecule has 1 amide bonds. The van der Waals surface area contributed by atoms with Crippen LogP contribution in [0.2, 0.25) is 0 Å². The molecule has 108 valence electrons. The van der Waals surface area contributed by atoms with Crippen molar-refractivity contribution in [2.75, 3.05) is 13.2 Å². The average Bonchev–Trinajstić information content (AvgIpc) is 2.25. The van der Waals surface area contributed by atoms with Crippen molar-refractivity contribution in [1.29, 1.82) is 0 Å². The number of carbonyl (C=O) groups excluding carboxylic acids is 2. The second kappa shape index (κ2) is 4.78. The van der Waals surface area contributed by atoms with Crippen molar-refractivity contribution in [3.8, 4) is 0 Å². The highest BCUT2D eigenvalue weighted by atomic mass is 16.6. The Kier molecular flexibility index (Phi) is 3.60. The maximum Gasteiger partial charge on any atom is 0.408 e. The summed E-state index contributed by atoms with van der Waals surface area (Å²) in [6.45, 7) is 6.92. The lowest BCUT2D eigenvalue weighted by molar-refractivity contribution is -0.130. The largest absolute Gasteiger partial charge is 0.444 e. The maximum atomic E-state index is 11.8. The molecule has 1 aliphatic carbocycles. The highest BCUT2D eigenvalue weighted by molar-refractivity contribution is 5.78. The van der Waals surface area contributed by atoms with Crippen LogP contribution in [0.3, 0.4) is 0 Å². The van der Waals surface area contributed by atoms with Gasteiger partial charge in [0.1, 0.15) is 11.9 Å². The Morgan fingerprint density at radius 1 is 1.26 bits per heavy atom. The molecule has 0 unspecified atom stereocenters. The number of aldehydes is 1. The van der Waals surface area contributed by atoms with Crippen molar-refractivity contribution in [2.45, 2.75) is 57.6 Å². The van der Waals surface area contributed by atoms with Gasteiger partial charge in [-0.15, -0.1) is 0 Å².